The average Bonchev–Trinajstić information content (AvgIpc) is 2.68. The molecule has 4 heteroatoms. The van der Waals surface area contributed by atoms with E-state index in [1.165, 1.54) is 0 Å². The molecule has 0 bridgehead atoms. The molecule has 0 aliphatic carbocycles. The molecule has 0 fully saturated rings. The molecular weight excluding hydrogens is 214 g/mol. The van der Waals surface area contributed by atoms with Crippen LogP contribution in [0.4, 0.5) is 5.69 Å². The summed E-state index contributed by atoms with van der Waals surface area (Å²) in [5, 5.41) is 3.63. The summed E-state index contributed by atoms with van der Waals surface area (Å²) in [5.74, 6) is -0.121. The maximum Gasteiger partial charge on any atom is 0.253 e. The van der Waals surface area contributed by atoms with Crippen molar-refractivity contribution in [1.82, 2.24) is 10.3 Å². The van der Waals surface area contributed by atoms with Crippen LogP contribution in [0.1, 0.15) is 17.3 Å². The molecule has 0 saturated carbocycles. The highest BCUT2D eigenvalue weighted by molar-refractivity contribution is 6.07. The van der Waals surface area contributed by atoms with Gasteiger partial charge in [-0.2, -0.15) is 0 Å². The maximum absolute atomic E-state index is 11.9. The second-order valence-corrected chi connectivity index (χ2v) is 4.15. The molecule has 4 N–H and O–H groups in total. The molecule has 0 saturated heterocycles. The number of H-pyrrole nitrogens is 1. The predicted molar refractivity (Wildman–Crippen MR) is 69.9 cm³/mol. The Kier molecular flexibility index (Phi) is 2.87. The number of nitrogens with two attached hydrogens (primary N) is 1. The molecule has 1 aromatic carbocycles. The number of carbonyl (C=O) groups excluding carboxylic acids is 1. The maximum atomic E-state index is 11.9. The molecule has 0 aliphatic heterocycles. The Labute approximate surface area is 99.5 Å². The number of hydrogen-bond acceptors (Lipinski definition) is 2. The Morgan fingerprint density at radius 1 is 1.53 bits per heavy atom. The zero-order chi connectivity index (χ0) is 12.4. The Morgan fingerprint density at radius 2 is 2.29 bits per heavy atom. The molecule has 17 heavy (non-hydrogen) atoms. The molecule has 1 heterocycles. The van der Waals surface area contributed by atoms with Crippen LogP contribution in [0.3, 0.4) is 0 Å². The topological polar surface area (TPSA) is 70.9 Å². The van der Waals surface area contributed by atoms with Gasteiger partial charge >= 0.3 is 0 Å². The third-order valence-corrected chi connectivity index (χ3v) is 2.50. The fourth-order valence-corrected chi connectivity index (χ4v) is 1.65. The first kappa shape index (κ1) is 11.3. The van der Waals surface area contributed by atoms with E-state index in [1.54, 1.807) is 18.3 Å². The van der Waals surface area contributed by atoms with E-state index in [0.29, 0.717) is 17.8 Å². The summed E-state index contributed by atoms with van der Waals surface area (Å²) in [4.78, 5) is 15.0. The fourth-order valence-electron chi connectivity index (χ4n) is 1.65. The van der Waals surface area contributed by atoms with Gasteiger partial charge in [-0.15, -0.1) is 0 Å². The smallest absolute Gasteiger partial charge is 0.253 e. The van der Waals surface area contributed by atoms with Crippen LogP contribution in [0.15, 0.2) is 36.5 Å². The van der Waals surface area contributed by atoms with E-state index in [4.69, 9.17) is 5.73 Å². The van der Waals surface area contributed by atoms with Gasteiger partial charge in [0.25, 0.3) is 5.91 Å². The van der Waals surface area contributed by atoms with Gasteiger partial charge in [-0.3, -0.25) is 4.79 Å². The van der Waals surface area contributed by atoms with Crippen molar-refractivity contribution in [3.8, 4) is 0 Å². The number of benzene rings is 1. The number of anilines is 1. The monoisotopic (exact) mass is 229 g/mol. The van der Waals surface area contributed by atoms with Crippen LogP contribution in [0.5, 0.6) is 0 Å². The Hall–Kier alpha value is -2.23. The second-order valence-electron chi connectivity index (χ2n) is 4.15. The van der Waals surface area contributed by atoms with Crippen LogP contribution >= 0.6 is 0 Å². The molecule has 0 radical (unpaired) electrons. The van der Waals surface area contributed by atoms with Gasteiger partial charge in [0.05, 0.1) is 5.56 Å². The van der Waals surface area contributed by atoms with Gasteiger partial charge in [0, 0.05) is 29.3 Å². The lowest BCUT2D eigenvalue weighted by molar-refractivity contribution is 0.0958. The number of amides is 1. The second kappa shape index (κ2) is 4.33. The van der Waals surface area contributed by atoms with Crippen molar-refractivity contribution in [3.05, 3.63) is 42.1 Å². The minimum atomic E-state index is -0.121. The van der Waals surface area contributed by atoms with Gasteiger partial charge in [-0.05, 0) is 25.1 Å². The van der Waals surface area contributed by atoms with Crippen molar-refractivity contribution < 1.29 is 4.79 Å². The van der Waals surface area contributed by atoms with Crippen molar-refractivity contribution in [3.63, 3.8) is 0 Å². The summed E-state index contributed by atoms with van der Waals surface area (Å²) in [6.45, 7) is 6.09. The number of rotatable bonds is 3. The number of nitrogens with one attached hydrogen (secondary N) is 2. The average molecular weight is 229 g/mol. The summed E-state index contributed by atoms with van der Waals surface area (Å²) in [6.07, 6.45) is 1.69. The van der Waals surface area contributed by atoms with Crippen molar-refractivity contribution >= 4 is 22.5 Å². The molecule has 1 amide bonds. The molecule has 0 spiro atoms. The minimum Gasteiger partial charge on any atom is -0.399 e. The van der Waals surface area contributed by atoms with E-state index in [-0.39, 0.29) is 5.91 Å². The van der Waals surface area contributed by atoms with Gasteiger partial charge in [0.15, 0.2) is 0 Å². The first-order chi connectivity index (χ1) is 8.08. The van der Waals surface area contributed by atoms with Crippen LogP contribution in [0, 0.1) is 0 Å². The highest BCUT2D eigenvalue weighted by atomic mass is 16.1. The lowest BCUT2D eigenvalue weighted by Crippen LogP contribution is -2.24. The molecule has 2 aromatic rings. The Balaban J connectivity index is 2.32. The normalized spacial score (nSPS) is 10.4. The van der Waals surface area contributed by atoms with Gasteiger partial charge in [0.1, 0.15) is 0 Å². The van der Waals surface area contributed by atoms with Gasteiger partial charge in [-0.25, -0.2) is 0 Å². The SMILES string of the molecule is C=C(C)CNC(=O)c1c[nH]c2ccc(N)cc12. The highest BCUT2D eigenvalue weighted by Crippen LogP contribution is 2.20. The van der Waals surface area contributed by atoms with Crippen LogP contribution < -0.4 is 11.1 Å². The largest absolute Gasteiger partial charge is 0.399 e. The Bertz CT molecular complexity index is 583. The molecule has 2 rings (SSSR count). The number of aromatic nitrogens is 1. The number of nitrogen functional groups attached to an aromatic ring is 1. The summed E-state index contributed by atoms with van der Waals surface area (Å²) in [5.41, 5.74) is 8.78. The molecular formula is C13H15N3O. The van der Waals surface area contributed by atoms with E-state index in [2.05, 4.69) is 16.9 Å². The standard InChI is InChI=1S/C13H15N3O/c1-8(2)6-16-13(17)11-7-15-12-4-3-9(14)5-10(11)12/h3-5,7,15H,1,6,14H2,2H3,(H,16,17). The molecule has 0 unspecified atom stereocenters. The van der Waals surface area contributed by atoms with Gasteiger partial charge in [-0.1, -0.05) is 12.2 Å². The van der Waals surface area contributed by atoms with E-state index >= 15 is 0 Å². The summed E-state index contributed by atoms with van der Waals surface area (Å²) in [7, 11) is 0. The number of aromatic amines is 1. The van der Waals surface area contributed by atoms with Crippen LogP contribution in [-0.2, 0) is 0 Å². The van der Waals surface area contributed by atoms with Crippen LogP contribution in [-0.4, -0.2) is 17.4 Å². The van der Waals surface area contributed by atoms with E-state index in [1.807, 2.05) is 13.0 Å². The lowest BCUT2D eigenvalue weighted by Gasteiger charge is -2.03. The van der Waals surface area contributed by atoms with Gasteiger partial charge < -0.3 is 16.0 Å². The number of hydrogen-bond donors (Lipinski definition) is 3. The predicted octanol–water partition coefficient (Wildman–Crippen LogP) is 2.06. The first-order valence-corrected chi connectivity index (χ1v) is 5.37. The molecule has 88 valence electrons. The third-order valence-electron chi connectivity index (χ3n) is 2.50. The summed E-state index contributed by atoms with van der Waals surface area (Å²) < 4.78 is 0. The lowest BCUT2D eigenvalue weighted by atomic mass is 10.1. The molecule has 0 aliphatic rings. The molecule has 1 aromatic heterocycles. The zero-order valence-electron chi connectivity index (χ0n) is 9.71. The number of carbonyl (C=O) groups is 1. The van der Waals surface area contributed by atoms with Crippen LogP contribution in [0.25, 0.3) is 10.9 Å². The Morgan fingerprint density at radius 3 is 3.00 bits per heavy atom. The summed E-state index contributed by atoms with van der Waals surface area (Å²) >= 11 is 0. The molecule has 4 nitrogen and oxygen atoms in total. The van der Waals surface area contributed by atoms with E-state index < -0.39 is 0 Å². The quantitative estimate of drug-likeness (QED) is 0.557. The minimum absolute atomic E-state index is 0.121. The zero-order valence-corrected chi connectivity index (χ0v) is 9.71. The van der Waals surface area contributed by atoms with Crippen molar-refractivity contribution in [2.45, 2.75) is 6.92 Å². The van der Waals surface area contributed by atoms with Gasteiger partial charge in [0.2, 0.25) is 0 Å². The summed E-state index contributed by atoms with van der Waals surface area (Å²) in [6, 6.07) is 5.45. The highest BCUT2D eigenvalue weighted by Gasteiger charge is 2.11. The van der Waals surface area contributed by atoms with E-state index in [0.717, 1.165) is 16.5 Å². The van der Waals surface area contributed by atoms with Crippen molar-refractivity contribution in [2.75, 3.05) is 12.3 Å². The third kappa shape index (κ3) is 2.30. The van der Waals surface area contributed by atoms with Crippen molar-refractivity contribution in [1.29, 1.82) is 0 Å². The van der Waals surface area contributed by atoms with Crippen LogP contribution in [0.2, 0.25) is 0 Å². The molecule has 0 atom stereocenters. The van der Waals surface area contributed by atoms with Crippen molar-refractivity contribution in [2.24, 2.45) is 0 Å². The fraction of sp³-hybridized carbons (Fsp3) is 0.154. The first-order valence-electron chi connectivity index (χ1n) is 5.37. The van der Waals surface area contributed by atoms with E-state index in [9.17, 15) is 4.79 Å². The number of fused-ring (bicyclic) bond motifs is 1.